The standard InChI is InChI=1S/C12H15IO2/c1-3-9(2)11(14)8-15-12-7-5-4-6-10(12)13/h4-7,9H,3,8H2,1-2H3. The summed E-state index contributed by atoms with van der Waals surface area (Å²) in [5.74, 6) is 1.04. The van der Waals surface area contributed by atoms with E-state index in [1.165, 1.54) is 0 Å². The first kappa shape index (κ1) is 12.5. The summed E-state index contributed by atoms with van der Waals surface area (Å²) in [5.41, 5.74) is 0. The fraction of sp³-hybridized carbons (Fsp3) is 0.417. The molecule has 0 aliphatic carbocycles. The van der Waals surface area contributed by atoms with Gasteiger partial charge >= 0.3 is 0 Å². The number of ketones is 1. The Morgan fingerprint density at radius 1 is 1.47 bits per heavy atom. The lowest BCUT2D eigenvalue weighted by Crippen LogP contribution is -2.18. The summed E-state index contributed by atoms with van der Waals surface area (Å²) in [4.78, 5) is 11.5. The summed E-state index contributed by atoms with van der Waals surface area (Å²) in [6.07, 6.45) is 0.869. The summed E-state index contributed by atoms with van der Waals surface area (Å²) < 4.78 is 6.50. The highest BCUT2D eigenvalue weighted by atomic mass is 127. The number of hydrogen-bond acceptors (Lipinski definition) is 2. The van der Waals surface area contributed by atoms with Crippen molar-refractivity contribution < 1.29 is 9.53 Å². The Labute approximate surface area is 104 Å². The molecule has 0 spiro atoms. The maximum absolute atomic E-state index is 11.5. The van der Waals surface area contributed by atoms with Gasteiger partial charge in [0.2, 0.25) is 0 Å². The molecule has 0 heterocycles. The van der Waals surface area contributed by atoms with Gasteiger partial charge in [-0.3, -0.25) is 4.79 Å². The van der Waals surface area contributed by atoms with E-state index in [4.69, 9.17) is 4.74 Å². The van der Waals surface area contributed by atoms with Crippen LogP contribution in [0.5, 0.6) is 5.75 Å². The minimum atomic E-state index is 0.0892. The minimum absolute atomic E-state index is 0.0892. The molecule has 0 saturated carbocycles. The maximum Gasteiger partial charge on any atom is 0.172 e. The molecule has 3 heteroatoms. The van der Waals surface area contributed by atoms with Crippen LogP contribution >= 0.6 is 22.6 Å². The highest BCUT2D eigenvalue weighted by Gasteiger charge is 2.11. The molecular weight excluding hydrogens is 303 g/mol. The molecule has 82 valence electrons. The second-order valence-electron chi connectivity index (χ2n) is 3.49. The van der Waals surface area contributed by atoms with Gasteiger partial charge in [0.05, 0.1) is 3.57 Å². The predicted octanol–water partition coefficient (Wildman–Crippen LogP) is 3.29. The molecule has 1 aromatic rings. The smallest absolute Gasteiger partial charge is 0.172 e. The van der Waals surface area contributed by atoms with Crippen LogP contribution in [0.25, 0.3) is 0 Å². The molecule has 1 unspecified atom stereocenters. The van der Waals surface area contributed by atoms with Gasteiger partial charge in [0.1, 0.15) is 12.4 Å². The number of hydrogen-bond donors (Lipinski definition) is 0. The molecule has 0 aliphatic rings. The number of carbonyl (C=O) groups is 1. The lowest BCUT2D eigenvalue weighted by molar-refractivity contribution is -0.124. The Kier molecular flexibility index (Phi) is 5.08. The third kappa shape index (κ3) is 3.81. The predicted molar refractivity (Wildman–Crippen MR) is 69.1 cm³/mol. The Morgan fingerprint density at radius 3 is 2.73 bits per heavy atom. The molecule has 0 fully saturated rings. The largest absolute Gasteiger partial charge is 0.485 e. The third-order valence-corrected chi connectivity index (χ3v) is 3.26. The third-order valence-electron chi connectivity index (χ3n) is 2.37. The summed E-state index contributed by atoms with van der Waals surface area (Å²) in [6.45, 7) is 4.12. The first-order valence-electron chi connectivity index (χ1n) is 5.05. The number of para-hydroxylation sites is 1. The SMILES string of the molecule is CCC(C)C(=O)COc1ccccc1I. The van der Waals surface area contributed by atoms with E-state index in [2.05, 4.69) is 22.6 Å². The van der Waals surface area contributed by atoms with Crippen LogP contribution in [0.2, 0.25) is 0 Å². The van der Waals surface area contributed by atoms with Crippen molar-refractivity contribution in [3.05, 3.63) is 27.8 Å². The highest BCUT2D eigenvalue weighted by Crippen LogP contribution is 2.19. The van der Waals surface area contributed by atoms with E-state index in [1.807, 2.05) is 38.1 Å². The van der Waals surface area contributed by atoms with Crippen molar-refractivity contribution in [1.82, 2.24) is 0 Å². The van der Waals surface area contributed by atoms with E-state index in [0.29, 0.717) is 0 Å². The van der Waals surface area contributed by atoms with Crippen LogP contribution in [-0.4, -0.2) is 12.4 Å². The highest BCUT2D eigenvalue weighted by molar-refractivity contribution is 14.1. The van der Waals surface area contributed by atoms with E-state index in [9.17, 15) is 4.79 Å². The molecule has 15 heavy (non-hydrogen) atoms. The Bertz CT molecular complexity index is 336. The van der Waals surface area contributed by atoms with Crippen molar-refractivity contribution in [2.24, 2.45) is 5.92 Å². The van der Waals surface area contributed by atoms with Gasteiger partial charge < -0.3 is 4.74 Å². The first-order valence-corrected chi connectivity index (χ1v) is 6.13. The number of Topliss-reactive ketones (excluding diaryl/α,β-unsaturated/α-hetero) is 1. The lowest BCUT2D eigenvalue weighted by atomic mass is 10.1. The maximum atomic E-state index is 11.5. The normalized spacial score (nSPS) is 12.2. The Hall–Kier alpha value is -0.580. The van der Waals surface area contributed by atoms with Crippen molar-refractivity contribution >= 4 is 28.4 Å². The van der Waals surface area contributed by atoms with Gasteiger partial charge in [0.15, 0.2) is 5.78 Å². The Morgan fingerprint density at radius 2 is 2.13 bits per heavy atom. The van der Waals surface area contributed by atoms with Gasteiger partial charge in [-0.15, -0.1) is 0 Å². The zero-order valence-electron chi connectivity index (χ0n) is 9.00. The van der Waals surface area contributed by atoms with Crippen molar-refractivity contribution in [3.63, 3.8) is 0 Å². The molecule has 0 N–H and O–H groups in total. The van der Waals surface area contributed by atoms with Crippen LogP contribution in [-0.2, 0) is 4.79 Å². The van der Waals surface area contributed by atoms with Crippen molar-refractivity contribution in [2.45, 2.75) is 20.3 Å². The van der Waals surface area contributed by atoms with E-state index < -0.39 is 0 Å². The van der Waals surface area contributed by atoms with Crippen molar-refractivity contribution in [3.8, 4) is 5.75 Å². The zero-order chi connectivity index (χ0) is 11.3. The molecule has 0 bridgehead atoms. The van der Waals surface area contributed by atoms with Gasteiger partial charge in [0, 0.05) is 5.92 Å². The number of benzene rings is 1. The van der Waals surface area contributed by atoms with Crippen LogP contribution in [0, 0.1) is 9.49 Å². The van der Waals surface area contributed by atoms with E-state index in [-0.39, 0.29) is 18.3 Å². The molecule has 0 aliphatic heterocycles. The van der Waals surface area contributed by atoms with Crippen LogP contribution in [0.15, 0.2) is 24.3 Å². The molecule has 1 rings (SSSR count). The van der Waals surface area contributed by atoms with Gasteiger partial charge in [-0.2, -0.15) is 0 Å². The van der Waals surface area contributed by atoms with Gasteiger partial charge in [0.25, 0.3) is 0 Å². The second-order valence-corrected chi connectivity index (χ2v) is 4.66. The van der Waals surface area contributed by atoms with E-state index in [0.717, 1.165) is 15.7 Å². The number of ether oxygens (including phenoxy) is 1. The molecule has 0 radical (unpaired) electrons. The van der Waals surface area contributed by atoms with E-state index in [1.54, 1.807) is 0 Å². The fourth-order valence-corrected chi connectivity index (χ4v) is 1.62. The molecule has 1 aromatic carbocycles. The topological polar surface area (TPSA) is 26.3 Å². The molecule has 1 atom stereocenters. The Balaban J connectivity index is 2.51. The average Bonchev–Trinajstić information content (AvgIpc) is 2.26. The summed E-state index contributed by atoms with van der Waals surface area (Å²) in [5, 5.41) is 0. The van der Waals surface area contributed by atoms with Crippen LogP contribution in [0.1, 0.15) is 20.3 Å². The number of halogens is 1. The summed E-state index contributed by atoms with van der Waals surface area (Å²) in [6, 6.07) is 7.70. The van der Waals surface area contributed by atoms with Gasteiger partial charge in [-0.25, -0.2) is 0 Å². The van der Waals surface area contributed by atoms with Gasteiger partial charge in [-0.1, -0.05) is 26.0 Å². The van der Waals surface area contributed by atoms with Crippen LogP contribution in [0.4, 0.5) is 0 Å². The monoisotopic (exact) mass is 318 g/mol. The number of carbonyl (C=O) groups excluding carboxylic acids is 1. The quantitative estimate of drug-likeness (QED) is 0.779. The molecule has 2 nitrogen and oxygen atoms in total. The van der Waals surface area contributed by atoms with Crippen molar-refractivity contribution in [1.29, 1.82) is 0 Å². The lowest BCUT2D eigenvalue weighted by Gasteiger charge is -2.10. The second kappa shape index (κ2) is 6.10. The molecule has 0 aromatic heterocycles. The van der Waals surface area contributed by atoms with Crippen LogP contribution < -0.4 is 4.74 Å². The first-order chi connectivity index (χ1) is 7.15. The average molecular weight is 318 g/mol. The number of rotatable bonds is 5. The van der Waals surface area contributed by atoms with E-state index >= 15 is 0 Å². The van der Waals surface area contributed by atoms with Crippen molar-refractivity contribution in [2.75, 3.05) is 6.61 Å². The molecular formula is C12H15IO2. The summed E-state index contributed by atoms with van der Waals surface area (Å²) >= 11 is 2.20. The summed E-state index contributed by atoms with van der Waals surface area (Å²) in [7, 11) is 0. The van der Waals surface area contributed by atoms with Crippen LogP contribution in [0.3, 0.4) is 0 Å². The minimum Gasteiger partial charge on any atom is -0.485 e. The fourth-order valence-electron chi connectivity index (χ4n) is 1.08. The molecule has 0 amide bonds. The van der Waals surface area contributed by atoms with Gasteiger partial charge in [-0.05, 0) is 41.1 Å². The molecule has 0 saturated heterocycles. The zero-order valence-corrected chi connectivity index (χ0v) is 11.2.